The van der Waals surface area contributed by atoms with Crippen LogP contribution in [-0.4, -0.2) is 26.5 Å². The summed E-state index contributed by atoms with van der Waals surface area (Å²) in [4.78, 5) is 7.33. The smallest absolute Gasteiger partial charge is 0.454 e. The molecule has 1 aliphatic heterocycles. The highest BCUT2D eigenvalue weighted by Crippen LogP contribution is 2.35. The Morgan fingerprint density at radius 3 is 2.78 bits per heavy atom. The summed E-state index contributed by atoms with van der Waals surface area (Å²) >= 11 is 0. The molecule has 0 saturated carbocycles. The van der Waals surface area contributed by atoms with Crippen molar-refractivity contribution in [3.63, 3.8) is 0 Å². The number of benzene rings is 1. The number of anilines is 1. The van der Waals surface area contributed by atoms with Gasteiger partial charge < -0.3 is 19.8 Å². The third-order valence-corrected chi connectivity index (χ3v) is 3.33. The van der Waals surface area contributed by atoms with Gasteiger partial charge in [-0.25, -0.2) is 4.98 Å². The fourth-order valence-electron chi connectivity index (χ4n) is 2.26. The highest BCUT2D eigenvalue weighted by atomic mass is 19.4. The molecular formula is C13H10F3N5O2. The molecule has 0 atom stereocenters. The minimum atomic E-state index is -4.52. The summed E-state index contributed by atoms with van der Waals surface area (Å²) in [5.74, 6) is 1.67. The Labute approximate surface area is 127 Å². The zero-order valence-electron chi connectivity index (χ0n) is 11.5. The first-order valence-electron chi connectivity index (χ1n) is 6.63. The van der Waals surface area contributed by atoms with Gasteiger partial charge in [-0.3, -0.25) is 0 Å². The van der Waals surface area contributed by atoms with E-state index in [0.717, 1.165) is 17.9 Å². The number of rotatable bonds is 3. The van der Waals surface area contributed by atoms with Crippen LogP contribution in [0.5, 0.6) is 11.5 Å². The number of ether oxygens (including phenoxy) is 2. The molecule has 0 unspecified atom stereocenters. The van der Waals surface area contributed by atoms with Crippen molar-refractivity contribution in [3.8, 4) is 11.5 Å². The molecule has 0 aliphatic carbocycles. The Bertz CT molecular complexity index is 829. The van der Waals surface area contributed by atoms with E-state index in [2.05, 4.69) is 20.4 Å². The summed E-state index contributed by atoms with van der Waals surface area (Å²) in [6.07, 6.45) is -2.44. The molecule has 23 heavy (non-hydrogen) atoms. The van der Waals surface area contributed by atoms with Crippen LogP contribution in [0.1, 0.15) is 5.56 Å². The van der Waals surface area contributed by atoms with Gasteiger partial charge in [0.1, 0.15) is 0 Å². The maximum atomic E-state index is 12.5. The minimum Gasteiger partial charge on any atom is -0.454 e. The molecule has 0 saturated heterocycles. The van der Waals surface area contributed by atoms with Crippen LogP contribution in [0, 0.1) is 0 Å². The van der Waals surface area contributed by atoms with Crippen molar-refractivity contribution in [1.29, 1.82) is 0 Å². The van der Waals surface area contributed by atoms with Crippen molar-refractivity contribution in [2.75, 3.05) is 12.1 Å². The third-order valence-electron chi connectivity index (χ3n) is 3.33. The predicted octanol–water partition coefficient (Wildman–Crippen LogP) is 2.58. The maximum Gasteiger partial charge on any atom is 0.504 e. The highest BCUT2D eigenvalue weighted by Gasteiger charge is 2.31. The lowest BCUT2D eigenvalue weighted by Gasteiger charge is -2.04. The first-order valence-corrected chi connectivity index (χ1v) is 6.63. The van der Waals surface area contributed by atoms with Gasteiger partial charge >= 0.3 is 6.30 Å². The van der Waals surface area contributed by atoms with Crippen LogP contribution in [-0.2, 0) is 12.8 Å². The SMILES string of the molecule is FC(F)(F)n1cc(CNc2nc3cc4c(cc3[nH]2)OCO4)cn1. The molecule has 3 aromatic rings. The van der Waals surface area contributed by atoms with Gasteiger partial charge in [0.05, 0.1) is 17.2 Å². The predicted molar refractivity (Wildman–Crippen MR) is 73.1 cm³/mol. The third kappa shape index (κ3) is 2.51. The number of fused-ring (bicyclic) bond motifs is 2. The largest absolute Gasteiger partial charge is 0.504 e. The second-order valence-electron chi connectivity index (χ2n) is 4.92. The average Bonchev–Trinajstić information content (AvgIpc) is 3.19. The topological polar surface area (TPSA) is 77.0 Å². The summed E-state index contributed by atoms with van der Waals surface area (Å²) in [6, 6.07) is 3.50. The van der Waals surface area contributed by atoms with Crippen molar-refractivity contribution in [3.05, 3.63) is 30.1 Å². The standard InChI is InChI=1S/C13H10F3N5O2/c14-13(15,16)21-5-7(4-18-21)3-17-12-19-8-1-10-11(23-6-22-10)2-9(8)20-12/h1-2,4-5H,3,6H2,(H2,17,19,20). The molecule has 1 aliphatic rings. The number of aromatic amines is 1. The number of hydrogen-bond donors (Lipinski definition) is 2. The van der Waals surface area contributed by atoms with E-state index in [0.29, 0.717) is 28.5 Å². The van der Waals surface area contributed by atoms with Crippen molar-refractivity contribution in [1.82, 2.24) is 19.7 Å². The lowest BCUT2D eigenvalue weighted by Crippen LogP contribution is -2.16. The molecule has 2 aromatic heterocycles. The Morgan fingerprint density at radius 2 is 2.04 bits per heavy atom. The van der Waals surface area contributed by atoms with Crippen LogP contribution in [0.15, 0.2) is 24.5 Å². The van der Waals surface area contributed by atoms with Crippen LogP contribution in [0.4, 0.5) is 19.1 Å². The summed E-state index contributed by atoms with van der Waals surface area (Å²) in [5, 5.41) is 6.19. The Hall–Kier alpha value is -2.91. The highest BCUT2D eigenvalue weighted by molar-refractivity contribution is 5.81. The van der Waals surface area contributed by atoms with E-state index < -0.39 is 6.30 Å². The Kier molecular flexibility index (Phi) is 2.86. The van der Waals surface area contributed by atoms with E-state index in [9.17, 15) is 13.2 Å². The second kappa shape index (κ2) is 4.80. The molecule has 7 nitrogen and oxygen atoms in total. The lowest BCUT2D eigenvalue weighted by atomic mass is 10.3. The van der Waals surface area contributed by atoms with Gasteiger partial charge in [0, 0.05) is 30.4 Å². The Balaban J connectivity index is 1.51. The molecule has 1 aromatic carbocycles. The molecule has 3 heterocycles. The van der Waals surface area contributed by atoms with E-state index in [1.807, 2.05) is 0 Å². The van der Waals surface area contributed by atoms with Crippen LogP contribution in [0.2, 0.25) is 0 Å². The number of alkyl halides is 3. The van der Waals surface area contributed by atoms with Gasteiger partial charge in [-0.1, -0.05) is 0 Å². The summed E-state index contributed by atoms with van der Waals surface area (Å²) in [7, 11) is 0. The van der Waals surface area contributed by atoms with Crippen molar-refractivity contribution in [2.45, 2.75) is 12.8 Å². The molecular weight excluding hydrogens is 315 g/mol. The van der Waals surface area contributed by atoms with Gasteiger partial charge in [-0.05, 0) is 0 Å². The first kappa shape index (κ1) is 13.7. The number of halogens is 3. The summed E-state index contributed by atoms with van der Waals surface area (Å²) in [6.45, 7) is 0.332. The lowest BCUT2D eigenvalue weighted by molar-refractivity contribution is -0.212. The zero-order chi connectivity index (χ0) is 16.0. The number of aromatic nitrogens is 4. The van der Waals surface area contributed by atoms with E-state index >= 15 is 0 Å². The van der Waals surface area contributed by atoms with Crippen LogP contribution in [0.25, 0.3) is 11.0 Å². The fourth-order valence-corrected chi connectivity index (χ4v) is 2.26. The van der Waals surface area contributed by atoms with E-state index in [4.69, 9.17) is 9.47 Å². The van der Waals surface area contributed by atoms with Crippen LogP contribution >= 0.6 is 0 Å². The zero-order valence-corrected chi connectivity index (χ0v) is 11.5. The van der Waals surface area contributed by atoms with Gasteiger partial charge in [0.15, 0.2) is 11.5 Å². The number of hydrogen-bond acceptors (Lipinski definition) is 5. The molecule has 0 radical (unpaired) electrons. The van der Waals surface area contributed by atoms with E-state index in [-0.39, 0.29) is 18.0 Å². The maximum absolute atomic E-state index is 12.5. The van der Waals surface area contributed by atoms with Crippen molar-refractivity contribution < 1.29 is 22.6 Å². The molecule has 120 valence electrons. The first-order chi connectivity index (χ1) is 11.0. The number of nitrogens with one attached hydrogen (secondary N) is 2. The van der Waals surface area contributed by atoms with Crippen molar-refractivity contribution in [2.24, 2.45) is 0 Å². The quantitative estimate of drug-likeness (QED) is 0.774. The monoisotopic (exact) mass is 325 g/mol. The molecule has 0 bridgehead atoms. The molecule has 4 rings (SSSR count). The second-order valence-corrected chi connectivity index (χ2v) is 4.92. The van der Waals surface area contributed by atoms with Crippen LogP contribution < -0.4 is 14.8 Å². The minimum absolute atomic E-state index is 0.0398. The number of imidazole rings is 1. The number of nitrogens with zero attached hydrogens (tertiary/aromatic N) is 3. The van der Waals surface area contributed by atoms with Crippen molar-refractivity contribution >= 4 is 17.0 Å². The van der Waals surface area contributed by atoms with Crippen LogP contribution in [0.3, 0.4) is 0 Å². The van der Waals surface area contributed by atoms with Gasteiger partial charge in [-0.2, -0.15) is 9.78 Å². The Morgan fingerprint density at radius 1 is 1.26 bits per heavy atom. The molecule has 0 spiro atoms. The van der Waals surface area contributed by atoms with Gasteiger partial charge in [-0.15, -0.1) is 13.2 Å². The fraction of sp³-hybridized carbons (Fsp3) is 0.231. The normalized spacial score (nSPS) is 13.7. The molecule has 0 amide bonds. The number of H-pyrrole nitrogens is 1. The van der Waals surface area contributed by atoms with E-state index in [1.54, 1.807) is 12.1 Å². The average molecular weight is 325 g/mol. The molecule has 0 fully saturated rings. The van der Waals surface area contributed by atoms with Gasteiger partial charge in [0.25, 0.3) is 0 Å². The van der Waals surface area contributed by atoms with E-state index in [1.165, 1.54) is 0 Å². The van der Waals surface area contributed by atoms with Gasteiger partial charge in [0.2, 0.25) is 12.7 Å². The summed E-state index contributed by atoms with van der Waals surface area (Å²) < 4.78 is 47.9. The molecule has 10 heteroatoms. The molecule has 2 N–H and O–H groups in total. The summed E-state index contributed by atoms with van der Waals surface area (Å²) in [5.41, 5.74) is 1.79.